The fourth-order valence-electron chi connectivity index (χ4n) is 1.45. The van der Waals surface area contributed by atoms with Crippen LogP contribution >= 0.6 is 0 Å². The molecule has 0 aliphatic carbocycles. The third-order valence-electron chi connectivity index (χ3n) is 2.41. The summed E-state index contributed by atoms with van der Waals surface area (Å²) in [6, 6.07) is 0.280. The van der Waals surface area contributed by atoms with E-state index in [0.29, 0.717) is 0 Å². The molecule has 14 heavy (non-hydrogen) atoms. The highest BCUT2D eigenvalue weighted by Crippen LogP contribution is 2.16. The van der Waals surface area contributed by atoms with Crippen molar-refractivity contribution in [2.75, 3.05) is 7.05 Å². The fraction of sp³-hybridized carbons (Fsp3) is 0.400. The first-order valence-corrected chi connectivity index (χ1v) is 4.69. The van der Waals surface area contributed by atoms with Crippen LogP contribution in [0.2, 0.25) is 0 Å². The molecule has 4 heteroatoms. The Morgan fingerprint density at radius 1 is 1.43 bits per heavy atom. The van der Waals surface area contributed by atoms with Gasteiger partial charge in [-0.25, -0.2) is 9.50 Å². The predicted octanol–water partition coefficient (Wildman–Crippen LogP) is 1.32. The number of aromatic nitrogens is 3. The third kappa shape index (κ3) is 1.37. The quantitative estimate of drug-likeness (QED) is 0.776. The molecule has 1 N–H and O–H groups in total. The zero-order chi connectivity index (χ0) is 10.1. The Kier molecular flexibility index (Phi) is 2.21. The molecule has 0 saturated heterocycles. The average molecular weight is 190 g/mol. The van der Waals surface area contributed by atoms with Gasteiger partial charge in [-0.15, -0.1) is 0 Å². The highest BCUT2D eigenvalue weighted by molar-refractivity contribution is 5.47. The van der Waals surface area contributed by atoms with E-state index in [4.69, 9.17) is 0 Å². The number of aryl methyl sites for hydroxylation is 1. The van der Waals surface area contributed by atoms with E-state index in [1.165, 1.54) is 0 Å². The average Bonchev–Trinajstić information content (AvgIpc) is 2.59. The van der Waals surface area contributed by atoms with Gasteiger partial charge in [0, 0.05) is 24.0 Å². The molecule has 0 amide bonds. The molecular weight excluding hydrogens is 176 g/mol. The number of hydrogen-bond donors (Lipinski definition) is 1. The van der Waals surface area contributed by atoms with Crippen LogP contribution in [-0.4, -0.2) is 21.6 Å². The van der Waals surface area contributed by atoms with Gasteiger partial charge < -0.3 is 5.32 Å². The zero-order valence-electron chi connectivity index (χ0n) is 8.65. The molecule has 0 aliphatic rings. The van der Waals surface area contributed by atoms with Gasteiger partial charge in [0.25, 0.3) is 0 Å². The van der Waals surface area contributed by atoms with Gasteiger partial charge in [-0.05, 0) is 26.5 Å². The van der Waals surface area contributed by atoms with Gasteiger partial charge in [-0.2, -0.15) is 5.10 Å². The highest BCUT2D eigenvalue weighted by atomic mass is 15.2. The summed E-state index contributed by atoms with van der Waals surface area (Å²) >= 11 is 0. The summed E-state index contributed by atoms with van der Waals surface area (Å²) in [4.78, 5) is 4.37. The lowest BCUT2D eigenvalue weighted by Crippen LogP contribution is -2.12. The number of rotatable bonds is 2. The van der Waals surface area contributed by atoms with Gasteiger partial charge >= 0.3 is 0 Å². The van der Waals surface area contributed by atoms with Gasteiger partial charge in [0.15, 0.2) is 5.65 Å². The molecule has 2 aromatic rings. The second kappa shape index (κ2) is 3.38. The summed E-state index contributed by atoms with van der Waals surface area (Å²) in [7, 11) is 1.93. The van der Waals surface area contributed by atoms with Crippen molar-refractivity contribution in [1.29, 1.82) is 0 Å². The normalized spacial score (nSPS) is 13.4. The maximum absolute atomic E-state index is 4.37. The standard InChI is InChI=1S/C10H14N4/c1-7-4-12-10-9(8(2)11-3)5-13-14(10)6-7/h4-6,8,11H,1-3H3. The minimum atomic E-state index is 0.280. The minimum Gasteiger partial charge on any atom is -0.313 e. The Labute approximate surface area is 83.0 Å². The minimum absolute atomic E-state index is 0.280. The molecule has 4 nitrogen and oxygen atoms in total. The van der Waals surface area contributed by atoms with E-state index in [2.05, 4.69) is 22.3 Å². The molecule has 0 saturated carbocycles. The Morgan fingerprint density at radius 3 is 2.93 bits per heavy atom. The van der Waals surface area contributed by atoms with Crippen LogP contribution < -0.4 is 5.32 Å². The smallest absolute Gasteiger partial charge is 0.159 e. The number of hydrogen-bond acceptors (Lipinski definition) is 3. The predicted molar refractivity (Wildman–Crippen MR) is 55.2 cm³/mol. The molecule has 2 heterocycles. The molecule has 2 rings (SSSR count). The molecule has 0 radical (unpaired) electrons. The summed E-state index contributed by atoms with van der Waals surface area (Å²) in [6.07, 6.45) is 5.71. The van der Waals surface area contributed by atoms with Gasteiger partial charge in [-0.3, -0.25) is 0 Å². The molecule has 0 spiro atoms. The molecule has 74 valence electrons. The second-order valence-electron chi connectivity index (χ2n) is 3.51. The van der Waals surface area contributed by atoms with Crippen LogP contribution in [0.25, 0.3) is 5.65 Å². The lowest BCUT2D eigenvalue weighted by molar-refractivity contribution is 0.655. The van der Waals surface area contributed by atoms with Crippen molar-refractivity contribution in [3.63, 3.8) is 0 Å². The van der Waals surface area contributed by atoms with Crippen molar-refractivity contribution in [3.8, 4) is 0 Å². The summed E-state index contributed by atoms with van der Waals surface area (Å²) in [5.41, 5.74) is 3.18. The van der Waals surface area contributed by atoms with Crippen molar-refractivity contribution >= 4 is 5.65 Å². The van der Waals surface area contributed by atoms with Crippen molar-refractivity contribution < 1.29 is 0 Å². The van der Waals surface area contributed by atoms with Gasteiger partial charge in [-0.1, -0.05) is 0 Å². The number of fused-ring (bicyclic) bond motifs is 1. The molecule has 0 fully saturated rings. The van der Waals surface area contributed by atoms with Gasteiger partial charge in [0.2, 0.25) is 0 Å². The SMILES string of the molecule is CNC(C)c1cnn2cc(C)cnc12. The molecule has 0 aliphatic heterocycles. The monoisotopic (exact) mass is 190 g/mol. The van der Waals surface area contributed by atoms with Crippen LogP contribution in [0.15, 0.2) is 18.6 Å². The van der Waals surface area contributed by atoms with Crippen LogP contribution in [-0.2, 0) is 0 Å². The van der Waals surface area contributed by atoms with E-state index in [-0.39, 0.29) is 6.04 Å². The maximum atomic E-state index is 4.37. The maximum Gasteiger partial charge on any atom is 0.159 e. The highest BCUT2D eigenvalue weighted by Gasteiger charge is 2.10. The van der Waals surface area contributed by atoms with Crippen molar-refractivity contribution in [2.45, 2.75) is 19.9 Å². The first-order valence-electron chi connectivity index (χ1n) is 4.69. The van der Waals surface area contributed by atoms with Crippen LogP contribution in [0.4, 0.5) is 0 Å². The molecule has 0 bridgehead atoms. The molecule has 1 unspecified atom stereocenters. The van der Waals surface area contributed by atoms with E-state index >= 15 is 0 Å². The van der Waals surface area contributed by atoms with E-state index < -0.39 is 0 Å². The van der Waals surface area contributed by atoms with E-state index in [1.54, 1.807) is 0 Å². The van der Waals surface area contributed by atoms with Crippen molar-refractivity contribution in [2.24, 2.45) is 0 Å². The van der Waals surface area contributed by atoms with E-state index in [0.717, 1.165) is 16.8 Å². The fourth-order valence-corrected chi connectivity index (χ4v) is 1.45. The van der Waals surface area contributed by atoms with E-state index in [1.807, 2.05) is 37.1 Å². The Balaban J connectivity index is 2.58. The van der Waals surface area contributed by atoms with Crippen LogP contribution in [0.3, 0.4) is 0 Å². The first-order chi connectivity index (χ1) is 6.72. The summed E-state index contributed by atoms with van der Waals surface area (Å²) < 4.78 is 1.82. The Bertz CT molecular complexity index is 446. The first kappa shape index (κ1) is 9.15. The van der Waals surface area contributed by atoms with Gasteiger partial charge in [0.1, 0.15) is 0 Å². The van der Waals surface area contributed by atoms with Crippen LogP contribution in [0.5, 0.6) is 0 Å². The Hall–Kier alpha value is -1.42. The molecule has 0 aromatic carbocycles. The lowest BCUT2D eigenvalue weighted by Gasteiger charge is -2.06. The Morgan fingerprint density at radius 2 is 2.21 bits per heavy atom. The summed E-state index contributed by atoms with van der Waals surface area (Å²) in [5.74, 6) is 0. The van der Waals surface area contributed by atoms with Crippen LogP contribution in [0, 0.1) is 6.92 Å². The van der Waals surface area contributed by atoms with E-state index in [9.17, 15) is 0 Å². The molecule has 2 aromatic heterocycles. The summed E-state index contributed by atoms with van der Waals surface area (Å²) in [6.45, 7) is 4.11. The molecule has 1 atom stereocenters. The topological polar surface area (TPSA) is 42.2 Å². The number of nitrogens with zero attached hydrogens (tertiary/aromatic N) is 3. The lowest BCUT2D eigenvalue weighted by atomic mass is 10.2. The number of nitrogens with one attached hydrogen (secondary N) is 1. The second-order valence-corrected chi connectivity index (χ2v) is 3.51. The van der Waals surface area contributed by atoms with Crippen LogP contribution in [0.1, 0.15) is 24.1 Å². The largest absolute Gasteiger partial charge is 0.313 e. The van der Waals surface area contributed by atoms with Gasteiger partial charge in [0.05, 0.1) is 6.20 Å². The third-order valence-corrected chi connectivity index (χ3v) is 2.41. The van der Waals surface area contributed by atoms with Crippen molar-refractivity contribution in [3.05, 3.63) is 29.7 Å². The summed E-state index contributed by atoms with van der Waals surface area (Å²) in [5, 5.41) is 7.44. The molecular formula is C10H14N4. The zero-order valence-corrected chi connectivity index (χ0v) is 8.65. The van der Waals surface area contributed by atoms with Crippen molar-refractivity contribution in [1.82, 2.24) is 19.9 Å².